The van der Waals surface area contributed by atoms with Crippen LogP contribution in [-0.2, 0) is 6.54 Å². The van der Waals surface area contributed by atoms with Crippen molar-refractivity contribution in [3.63, 3.8) is 0 Å². The zero-order valence-electron chi connectivity index (χ0n) is 14.8. The lowest BCUT2D eigenvalue weighted by atomic mass is 9.98. The Hall–Kier alpha value is -2.34. The summed E-state index contributed by atoms with van der Waals surface area (Å²) in [6.45, 7) is 6.84. The molecule has 0 bridgehead atoms. The van der Waals surface area contributed by atoms with Crippen LogP contribution in [0.2, 0.25) is 0 Å². The van der Waals surface area contributed by atoms with Gasteiger partial charge in [0.15, 0.2) is 0 Å². The van der Waals surface area contributed by atoms with E-state index in [2.05, 4.69) is 20.6 Å². The number of anilines is 1. The summed E-state index contributed by atoms with van der Waals surface area (Å²) in [6.07, 6.45) is 6.17. The van der Waals surface area contributed by atoms with Crippen LogP contribution in [0, 0.1) is 12.8 Å². The first-order chi connectivity index (χ1) is 12.2. The highest BCUT2D eigenvalue weighted by Crippen LogP contribution is 2.16. The van der Waals surface area contributed by atoms with E-state index in [1.54, 1.807) is 0 Å². The van der Waals surface area contributed by atoms with E-state index in [1.807, 2.05) is 54.3 Å². The van der Waals surface area contributed by atoms with Gasteiger partial charge in [-0.05, 0) is 50.4 Å². The van der Waals surface area contributed by atoms with Gasteiger partial charge in [0.2, 0.25) is 0 Å². The fourth-order valence-electron chi connectivity index (χ4n) is 3.25. The summed E-state index contributed by atoms with van der Waals surface area (Å²) in [4.78, 5) is 14.5. The fraction of sp³-hybridized carbons (Fsp3) is 0.474. The molecule has 1 atom stereocenters. The number of nitrogens with zero attached hydrogens (tertiary/aromatic N) is 3. The first-order valence-corrected chi connectivity index (χ1v) is 9.00. The SMILES string of the molecule is Cc1ccc(NC(=O)NC[C@H]2CCCN(CCn3cccn3)C2)cc1. The number of urea groups is 1. The Morgan fingerprint density at radius 1 is 1.28 bits per heavy atom. The number of piperidine rings is 1. The number of aryl methyl sites for hydroxylation is 1. The van der Waals surface area contributed by atoms with Gasteiger partial charge in [0.1, 0.15) is 0 Å². The number of nitrogens with one attached hydrogen (secondary N) is 2. The van der Waals surface area contributed by atoms with E-state index in [0.29, 0.717) is 5.92 Å². The minimum absolute atomic E-state index is 0.127. The maximum atomic E-state index is 12.1. The van der Waals surface area contributed by atoms with Gasteiger partial charge < -0.3 is 15.5 Å². The molecule has 6 nitrogen and oxygen atoms in total. The molecule has 2 aromatic rings. The third-order valence-electron chi connectivity index (χ3n) is 4.67. The van der Waals surface area contributed by atoms with E-state index in [9.17, 15) is 4.79 Å². The Labute approximate surface area is 149 Å². The molecular formula is C19H27N5O. The zero-order chi connectivity index (χ0) is 17.5. The van der Waals surface area contributed by atoms with E-state index in [0.717, 1.165) is 38.4 Å². The molecule has 0 radical (unpaired) electrons. The lowest BCUT2D eigenvalue weighted by Gasteiger charge is -2.32. The average Bonchev–Trinajstić information content (AvgIpc) is 3.14. The van der Waals surface area contributed by atoms with Gasteiger partial charge in [0.05, 0.1) is 6.54 Å². The average molecular weight is 341 g/mol. The molecule has 0 saturated carbocycles. The zero-order valence-corrected chi connectivity index (χ0v) is 14.8. The van der Waals surface area contributed by atoms with Crippen LogP contribution in [0.3, 0.4) is 0 Å². The highest BCUT2D eigenvalue weighted by atomic mass is 16.2. The lowest BCUT2D eigenvalue weighted by Crippen LogP contribution is -2.42. The topological polar surface area (TPSA) is 62.2 Å². The largest absolute Gasteiger partial charge is 0.338 e. The number of aromatic nitrogens is 2. The first-order valence-electron chi connectivity index (χ1n) is 9.00. The molecule has 2 N–H and O–H groups in total. The van der Waals surface area contributed by atoms with E-state index in [-0.39, 0.29) is 6.03 Å². The van der Waals surface area contributed by atoms with Gasteiger partial charge in [0.25, 0.3) is 0 Å². The molecule has 25 heavy (non-hydrogen) atoms. The maximum absolute atomic E-state index is 12.1. The van der Waals surface area contributed by atoms with Crippen molar-refractivity contribution in [3.05, 3.63) is 48.3 Å². The number of rotatable bonds is 6. The third-order valence-corrected chi connectivity index (χ3v) is 4.67. The molecule has 1 fully saturated rings. The van der Waals surface area contributed by atoms with Gasteiger partial charge in [-0.25, -0.2) is 4.79 Å². The molecule has 1 aliphatic heterocycles. The highest BCUT2D eigenvalue weighted by Gasteiger charge is 2.20. The van der Waals surface area contributed by atoms with Crippen LogP contribution in [0.4, 0.5) is 10.5 Å². The minimum Gasteiger partial charge on any atom is -0.338 e. The second-order valence-electron chi connectivity index (χ2n) is 6.78. The second-order valence-corrected chi connectivity index (χ2v) is 6.78. The van der Waals surface area contributed by atoms with Crippen LogP contribution >= 0.6 is 0 Å². The van der Waals surface area contributed by atoms with Crippen LogP contribution in [0.25, 0.3) is 0 Å². The van der Waals surface area contributed by atoms with Crippen LogP contribution < -0.4 is 10.6 Å². The van der Waals surface area contributed by atoms with Gasteiger partial charge in [-0.3, -0.25) is 4.68 Å². The summed E-state index contributed by atoms with van der Waals surface area (Å²) >= 11 is 0. The van der Waals surface area contributed by atoms with Crippen LogP contribution in [0.1, 0.15) is 18.4 Å². The fourth-order valence-corrected chi connectivity index (χ4v) is 3.25. The molecule has 1 aliphatic rings. The minimum atomic E-state index is -0.127. The summed E-state index contributed by atoms with van der Waals surface area (Å²) in [5.74, 6) is 0.509. The Morgan fingerprint density at radius 3 is 2.88 bits per heavy atom. The summed E-state index contributed by atoms with van der Waals surface area (Å²) in [7, 11) is 0. The van der Waals surface area contributed by atoms with Crippen molar-refractivity contribution in [1.29, 1.82) is 0 Å². The van der Waals surface area contributed by atoms with Crippen molar-refractivity contribution >= 4 is 11.7 Å². The summed E-state index contributed by atoms with van der Waals surface area (Å²) in [6, 6.07) is 9.66. The van der Waals surface area contributed by atoms with Crippen molar-refractivity contribution in [1.82, 2.24) is 20.0 Å². The highest BCUT2D eigenvalue weighted by molar-refractivity contribution is 5.89. The van der Waals surface area contributed by atoms with Crippen molar-refractivity contribution in [2.75, 3.05) is 31.5 Å². The molecule has 0 unspecified atom stereocenters. The Morgan fingerprint density at radius 2 is 2.12 bits per heavy atom. The standard InChI is InChI=1S/C19H27N5O/c1-16-5-7-18(8-6-16)22-19(25)20-14-17-4-2-10-23(15-17)12-13-24-11-3-9-21-24/h3,5-9,11,17H,2,4,10,12-15H2,1H3,(H2,20,22,25)/t17-/m1/s1. The monoisotopic (exact) mass is 341 g/mol. The third kappa shape index (κ3) is 5.60. The van der Waals surface area contributed by atoms with E-state index >= 15 is 0 Å². The van der Waals surface area contributed by atoms with E-state index in [4.69, 9.17) is 0 Å². The summed E-state index contributed by atoms with van der Waals surface area (Å²) < 4.78 is 1.97. The molecule has 3 rings (SSSR count). The molecule has 2 heterocycles. The predicted molar refractivity (Wildman–Crippen MR) is 99.6 cm³/mol. The van der Waals surface area contributed by atoms with Gasteiger partial charge >= 0.3 is 6.03 Å². The number of hydrogen-bond donors (Lipinski definition) is 2. The molecule has 0 aliphatic carbocycles. The maximum Gasteiger partial charge on any atom is 0.319 e. The number of carbonyl (C=O) groups excluding carboxylic acids is 1. The molecule has 0 spiro atoms. The van der Waals surface area contributed by atoms with Crippen LogP contribution in [0.15, 0.2) is 42.7 Å². The molecule has 134 valence electrons. The Kier molecular flexibility index (Phi) is 6.06. The summed E-state index contributed by atoms with van der Waals surface area (Å²) in [5.41, 5.74) is 2.01. The van der Waals surface area contributed by atoms with Crippen LogP contribution in [-0.4, -0.2) is 46.9 Å². The molecular weight excluding hydrogens is 314 g/mol. The van der Waals surface area contributed by atoms with Gasteiger partial charge in [0, 0.05) is 37.7 Å². The van der Waals surface area contributed by atoms with Gasteiger partial charge in [-0.2, -0.15) is 5.10 Å². The number of likely N-dealkylation sites (tertiary alicyclic amines) is 1. The van der Waals surface area contributed by atoms with Crippen molar-refractivity contribution in [2.24, 2.45) is 5.92 Å². The Balaban J connectivity index is 1.38. The number of hydrogen-bond acceptors (Lipinski definition) is 3. The molecule has 2 amide bonds. The van der Waals surface area contributed by atoms with Crippen molar-refractivity contribution in [2.45, 2.75) is 26.3 Å². The smallest absolute Gasteiger partial charge is 0.319 e. The van der Waals surface area contributed by atoms with Crippen molar-refractivity contribution in [3.8, 4) is 0 Å². The lowest BCUT2D eigenvalue weighted by molar-refractivity contribution is 0.166. The van der Waals surface area contributed by atoms with Gasteiger partial charge in [-0.15, -0.1) is 0 Å². The first kappa shape index (κ1) is 17.5. The molecule has 6 heteroatoms. The summed E-state index contributed by atoms with van der Waals surface area (Å²) in [5, 5.41) is 10.1. The number of benzene rings is 1. The molecule has 1 aromatic carbocycles. The normalized spacial score (nSPS) is 18.0. The number of carbonyl (C=O) groups is 1. The molecule has 1 saturated heterocycles. The Bertz CT molecular complexity index is 653. The van der Waals surface area contributed by atoms with E-state index in [1.165, 1.54) is 18.4 Å². The quantitative estimate of drug-likeness (QED) is 0.849. The molecule has 1 aromatic heterocycles. The van der Waals surface area contributed by atoms with Gasteiger partial charge in [-0.1, -0.05) is 17.7 Å². The van der Waals surface area contributed by atoms with Crippen LogP contribution in [0.5, 0.6) is 0 Å². The van der Waals surface area contributed by atoms with Crippen molar-refractivity contribution < 1.29 is 4.79 Å². The predicted octanol–water partition coefficient (Wildman–Crippen LogP) is 2.73. The second kappa shape index (κ2) is 8.67. The number of amides is 2. The van der Waals surface area contributed by atoms with E-state index < -0.39 is 0 Å².